The molecule has 118 valence electrons. The van der Waals surface area contributed by atoms with Gasteiger partial charge in [-0.1, -0.05) is 19.1 Å². The Morgan fingerprint density at radius 2 is 2.00 bits per heavy atom. The molecule has 21 heavy (non-hydrogen) atoms. The smallest absolute Gasteiger partial charge is 0.118 e. The predicted molar refractivity (Wildman–Crippen MR) is 85.8 cm³/mol. The van der Waals surface area contributed by atoms with Crippen molar-refractivity contribution in [2.45, 2.75) is 25.5 Å². The number of nitrogens with one attached hydrogen (secondary N) is 1. The zero-order valence-corrected chi connectivity index (χ0v) is 13.6. The van der Waals surface area contributed by atoms with Gasteiger partial charge in [0.25, 0.3) is 0 Å². The molecule has 0 aromatic heterocycles. The molecule has 1 N–H and O–H groups in total. The highest BCUT2D eigenvalue weighted by Gasteiger charge is 2.27. The topological polar surface area (TPSA) is 33.7 Å². The molecule has 4 nitrogen and oxygen atoms in total. The molecule has 0 bridgehead atoms. The van der Waals surface area contributed by atoms with E-state index in [1.807, 2.05) is 26.3 Å². The summed E-state index contributed by atoms with van der Waals surface area (Å²) >= 11 is 0. The first-order chi connectivity index (χ1) is 10.2. The van der Waals surface area contributed by atoms with Crippen LogP contribution in [0.25, 0.3) is 0 Å². The third-order valence-corrected chi connectivity index (χ3v) is 4.58. The Balaban J connectivity index is 1.98. The first-order valence-electron chi connectivity index (χ1n) is 7.74. The lowest BCUT2D eigenvalue weighted by Gasteiger charge is -2.38. The van der Waals surface area contributed by atoms with Crippen molar-refractivity contribution in [3.05, 3.63) is 29.8 Å². The van der Waals surface area contributed by atoms with Crippen molar-refractivity contribution in [1.82, 2.24) is 10.2 Å². The number of nitrogens with zero attached hydrogens (tertiary/aromatic N) is 1. The van der Waals surface area contributed by atoms with Crippen molar-refractivity contribution >= 4 is 0 Å². The molecule has 3 unspecified atom stereocenters. The zero-order chi connectivity index (χ0) is 15.2. The normalized spacial score (nSPS) is 24.8. The molecule has 0 saturated carbocycles. The molecular weight excluding hydrogens is 264 g/mol. The van der Waals surface area contributed by atoms with Gasteiger partial charge < -0.3 is 14.8 Å². The minimum absolute atomic E-state index is 0.335. The van der Waals surface area contributed by atoms with E-state index in [4.69, 9.17) is 9.47 Å². The van der Waals surface area contributed by atoms with Crippen molar-refractivity contribution in [3.63, 3.8) is 0 Å². The van der Waals surface area contributed by atoms with Crippen molar-refractivity contribution in [1.29, 1.82) is 0 Å². The monoisotopic (exact) mass is 292 g/mol. The Hall–Kier alpha value is -1.10. The molecule has 2 rings (SSSR count). The molecule has 1 fully saturated rings. The molecule has 1 aliphatic rings. The van der Waals surface area contributed by atoms with Gasteiger partial charge in [0.15, 0.2) is 0 Å². The van der Waals surface area contributed by atoms with E-state index in [0.29, 0.717) is 18.1 Å². The minimum Gasteiger partial charge on any atom is -0.497 e. The van der Waals surface area contributed by atoms with Gasteiger partial charge in [0.05, 0.1) is 13.2 Å². The van der Waals surface area contributed by atoms with Crippen molar-refractivity contribution in [2.75, 3.05) is 40.9 Å². The van der Waals surface area contributed by atoms with Crippen LogP contribution in [0.15, 0.2) is 24.3 Å². The van der Waals surface area contributed by atoms with Gasteiger partial charge in [-0.2, -0.15) is 0 Å². The average Bonchev–Trinajstić information content (AvgIpc) is 2.54. The van der Waals surface area contributed by atoms with E-state index in [2.05, 4.69) is 29.3 Å². The lowest BCUT2D eigenvalue weighted by atomic mass is 9.95. The van der Waals surface area contributed by atoms with Gasteiger partial charge in [0.1, 0.15) is 5.75 Å². The summed E-state index contributed by atoms with van der Waals surface area (Å²) in [6, 6.07) is 8.66. The zero-order valence-electron chi connectivity index (χ0n) is 13.6. The van der Waals surface area contributed by atoms with Crippen LogP contribution in [-0.4, -0.2) is 51.9 Å². The number of benzene rings is 1. The van der Waals surface area contributed by atoms with Crippen LogP contribution >= 0.6 is 0 Å². The van der Waals surface area contributed by atoms with Gasteiger partial charge in [0, 0.05) is 26.2 Å². The molecule has 3 atom stereocenters. The van der Waals surface area contributed by atoms with Crippen LogP contribution < -0.4 is 10.1 Å². The summed E-state index contributed by atoms with van der Waals surface area (Å²) in [6.45, 7) is 5.46. The van der Waals surface area contributed by atoms with E-state index in [9.17, 15) is 0 Å². The standard InChI is InChI=1S/C17H28N2O2/c1-13-9-10-19(12-17(13)21-4)11-16(18-2)14-5-7-15(20-3)8-6-14/h5-8,13,16-18H,9-12H2,1-4H3. The summed E-state index contributed by atoms with van der Waals surface area (Å²) in [5.41, 5.74) is 1.30. The number of ether oxygens (including phenoxy) is 2. The highest BCUT2D eigenvalue weighted by molar-refractivity contribution is 5.29. The van der Waals surface area contributed by atoms with E-state index in [1.165, 1.54) is 12.0 Å². The maximum absolute atomic E-state index is 5.61. The molecule has 1 aromatic rings. The van der Waals surface area contributed by atoms with E-state index in [-0.39, 0.29) is 0 Å². The van der Waals surface area contributed by atoms with Crippen molar-refractivity contribution < 1.29 is 9.47 Å². The molecule has 1 aliphatic heterocycles. The fourth-order valence-electron chi connectivity index (χ4n) is 3.03. The molecule has 0 spiro atoms. The molecule has 4 heteroatoms. The molecule has 0 radical (unpaired) electrons. The largest absolute Gasteiger partial charge is 0.497 e. The third kappa shape index (κ3) is 4.19. The Bertz CT molecular complexity index is 421. The van der Waals surface area contributed by atoms with E-state index >= 15 is 0 Å². The molecular formula is C17H28N2O2. The maximum atomic E-state index is 5.61. The van der Waals surface area contributed by atoms with Crippen LogP contribution in [0.2, 0.25) is 0 Å². The second-order valence-corrected chi connectivity index (χ2v) is 5.91. The number of likely N-dealkylation sites (N-methyl/N-ethyl adjacent to an activating group) is 1. The van der Waals surface area contributed by atoms with E-state index < -0.39 is 0 Å². The third-order valence-electron chi connectivity index (χ3n) is 4.58. The number of piperidine rings is 1. The predicted octanol–water partition coefficient (Wildman–Crippen LogP) is 2.31. The van der Waals surface area contributed by atoms with Gasteiger partial charge >= 0.3 is 0 Å². The van der Waals surface area contributed by atoms with E-state index in [0.717, 1.165) is 25.4 Å². The van der Waals surface area contributed by atoms with Gasteiger partial charge in [0.2, 0.25) is 0 Å². The Labute approximate surface area is 128 Å². The fourth-order valence-corrected chi connectivity index (χ4v) is 3.03. The first-order valence-corrected chi connectivity index (χ1v) is 7.74. The van der Waals surface area contributed by atoms with Gasteiger partial charge in [-0.05, 0) is 43.6 Å². The molecule has 1 saturated heterocycles. The van der Waals surface area contributed by atoms with Gasteiger partial charge in [-0.3, -0.25) is 4.90 Å². The minimum atomic E-state index is 0.335. The fraction of sp³-hybridized carbons (Fsp3) is 0.647. The number of likely N-dealkylation sites (tertiary alicyclic amines) is 1. The Kier molecular flexibility index (Phi) is 6.03. The summed E-state index contributed by atoms with van der Waals surface area (Å²) in [4.78, 5) is 2.50. The highest BCUT2D eigenvalue weighted by atomic mass is 16.5. The lowest BCUT2D eigenvalue weighted by Crippen LogP contribution is -2.46. The van der Waals surface area contributed by atoms with Gasteiger partial charge in [-0.25, -0.2) is 0 Å². The molecule has 1 aromatic carbocycles. The number of hydrogen-bond donors (Lipinski definition) is 1. The number of methoxy groups -OCH3 is 2. The quantitative estimate of drug-likeness (QED) is 0.872. The van der Waals surface area contributed by atoms with Crippen LogP contribution in [-0.2, 0) is 4.74 Å². The molecule has 0 amide bonds. The van der Waals surface area contributed by atoms with Crippen LogP contribution in [0.5, 0.6) is 5.75 Å². The summed E-state index contributed by atoms with van der Waals surface area (Å²) < 4.78 is 10.8. The van der Waals surface area contributed by atoms with Crippen molar-refractivity contribution in [3.8, 4) is 5.75 Å². The summed E-state index contributed by atoms with van der Waals surface area (Å²) in [5.74, 6) is 1.56. The maximum Gasteiger partial charge on any atom is 0.118 e. The molecule has 1 heterocycles. The number of hydrogen-bond acceptors (Lipinski definition) is 4. The molecule has 0 aliphatic carbocycles. The summed E-state index contributed by atoms with van der Waals surface area (Å²) in [5, 5.41) is 3.42. The second kappa shape index (κ2) is 7.78. The summed E-state index contributed by atoms with van der Waals surface area (Å²) in [6.07, 6.45) is 1.56. The van der Waals surface area contributed by atoms with E-state index in [1.54, 1.807) is 7.11 Å². The Morgan fingerprint density at radius 1 is 1.29 bits per heavy atom. The van der Waals surface area contributed by atoms with Gasteiger partial charge in [-0.15, -0.1) is 0 Å². The van der Waals surface area contributed by atoms with Crippen LogP contribution in [0.1, 0.15) is 24.9 Å². The lowest BCUT2D eigenvalue weighted by molar-refractivity contribution is -0.00729. The number of rotatable bonds is 6. The second-order valence-electron chi connectivity index (χ2n) is 5.91. The first kappa shape index (κ1) is 16.3. The average molecular weight is 292 g/mol. The highest BCUT2D eigenvalue weighted by Crippen LogP contribution is 2.23. The van der Waals surface area contributed by atoms with Crippen LogP contribution in [0.4, 0.5) is 0 Å². The van der Waals surface area contributed by atoms with Crippen LogP contribution in [0.3, 0.4) is 0 Å². The Morgan fingerprint density at radius 3 is 2.57 bits per heavy atom. The SMILES string of the molecule is CNC(CN1CCC(C)C(OC)C1)c1ccc(OC)cc1. The van der Waals surface area contributed by atoms with Crippen LogP contribution in [0, 0.1) is 5.92 Å². The van der Waals surface area contributed by atoms with Crippen molar-refractivity contribution in [2.24, 2.45) is 5.92 Å². The summed E-state index contributed by atoms with van der Waals surface area (Å²) in [7, 11) is 5.54.